The van der Waals surface area contributed by atoms with Crippen molar-refractivity contribution in [1.82, 2.24) is 15.1 Å². The van der Waals surface area contributed by atoms with E-state index in [0.717, 1.165) is 51.8 Å². The van der Waals surface area contributed by atoms with Gasteiger partial charge < -0.3 is 20.1 Å². The molecule has 0 saturated carbocycles. The number of aliphatic hydroxyl groups excluding tert-OH is 1. The number of aliphatic imine (C=N–C) groups is 1. The smallest absolute Gasteiger partial charge is 0.194 e. The van der Waals surface area contributed by atoms with Crippen molar-refractivity contribution in [2.75, 3.05) is 52.5 Å². The van der Waals surface area contributed by atoms with E-state index in [2.05, 4.69) is 53.2 Å². The Morgan fingerprint density at radius 2 is 2.11 bits per heavy atom. The summed E-state index contributed by atoms with van der Waals surface area (Å²) in [4.78, 5) is 9.59. The molecule has 27 heavy (non-hydrogen) atoms. The molecule has 2 aliphatic heterocycles. The third-order valence-electron chi connectivity index (χ3n) is 5.13. The van der Waals surface area contributed by atoms with Crippen LogP contribution in [0.25, 0.3) is 0 Å². The minimum Gasteiger partial charge on any atom is -0.391 e. The molecule has 0 amide bonds. The molecule has 152 valence electrons. The Bertz CT molecular complexity index is 607. The van der Waals surface area contributed by atoms with Gasteiger partial charge in [-0.1, -0.05) is 29.8 Å². The van der Waals surface area contributed by atoms with Gasteiger partial charge in [-0.2, -0.15) is 0 Å². The predicted molar refractivity (Wildman–Crippen MR) is 120 cm³/mol. The number of nitrogens with zero attached hydrogens (tertiary/aromatic N) is 3. The lowest BCUT2D eigenvalue weighted by molar-refractivity contribution is 0.0179. The second-order valence-corrected chi connectivity index (χ2v) is 7.16. The quantitative estimate of drug-likeness (QED) is 0.378. The van der Waals surface area contributed by atoms with Gasteiger partial charge in [0.25, 0.3) is 0 Å². The highest BCUT2D eigenvalue weighted by atomic mass is 127. The van der Waals surface area contributed by atoms with Crippen molar-refractivity contribution in [1.29, 1.82) is 0 Å². The van der Waals surface area contributed by atoms with Crippen molar-refractivity contribution in [2.24, 2.45) is 4.99 Å². The molecule has 1 unspecified atom stereocenters. The van der Waals surface area contributed by atoms with Gasteiger partial charge in [0, 0.05) is 32.7 Å². The first-order chi connectivity index (χ1) is 12.7. The highest BCUT2D eigenvalue weighted by molar-refractivity contribution is 14.0. The topological polar surface area (TPSA) is 60.3 Å². The Morgan fingerprint density at radius 1 is 1.33 bits per heavy atom. The highest BCUT2D eigenvalue weighted by Gasteiger charge is 2.25. The summed E-state index contributed by atoms with van der Waals surface area (Å²) < 4.78 is 5.54. The fourth-order valence-electron chi connectivity index (χ4n) is 3.73. The van der Waals surface area contributed by atoms with E-state index >= 15 is 0 Å². The number of aryl methyl sites for hydroxylation is 1. The molecule has 0 aliphatic carbocycles. The molecule has 1 aromatic carbocycles. The Hall–Kier alpha value is -0.900. The minimum atomic E-state index is -0.245. The van der Waals surface area contributed by atoms with Crippen LogP contribution in [0.15, 0.2) is 29.3 Å². The van der Waals surface area contributed by atoms with Crippen molar-refractivity contribution in [3.05, 3.63) is 35.4 Å². The van der Waals surface area contributed by atoms with Gasteiger partial charge in [0.15, 0.2) is 5.96 Å². The minimum absolute atomic E-state index is 0. The van der Waals surface area contributed by atoms with Crippen molar-refractivity contribution < 1.29 is 9.84 Å². The number of guanidine groups is 1. The molecule has 2 atom stereocenters. The predicted octanol–water partition coefficient (Wildman–Crippen LogP) is 2.02. The van der Waals surface area contributed by atoms with Crippen molar-refractivity contribution in [3.63, 3.8) is 0 Å². The maximum atomic E-state index is 9.86. The molecule has 2 aliphatic rings. The van der Waals surface area contributed by atoms with Crippen molar-refractivity contribution in [2.45, 2.75) is 32.4 Å². The van der Waals surface area contributed by atoms with Crippen LogP contribution < -0.4 is 5.32 Å². The van der Waals surface area contributed by atoms with Crippen molar-refractivity contribution >= 4 is 29.9 Å². The molecule has 2 heterocycles. The Morgan fingerprint density at radius 3 is 2.74 bits per heavy atom. The van der Waals surface area contributed by atoms with Crippen LogP contribution in [0.3, 0.4) is 0 Å². The zero-order chi connectivity index (χ0) is 18.4. The molecular formula is C20H33IN4O2. The zero-order valence-electron chi connectivity index (χ0n) is 16.4. The number of nitrogens with one attached hydrogen (secondary N) is 1. The van der Waals surface area contributed by atoms with Crippen LogP contribution in [-0.4, -0.2) is 79.5 Å². The number of hydrogen-bond acceptors (Lipinski definition) is 4. The second kappa shape index (κ2) is 11.2. The molecule has 0 bridgehead atoms. The summed E-state index contributed by atoms with van der Waals surface area (Å²) in [5.74, 6) is 0.912. The summed E-state index contributed by atoms with van der Waals surface area (Å²) in [6, 6.07) is 8.99. The molecule has 2 N–H and O–H groups in total. The van der Waals surface area contributed by atoms with Crippen LogP contribution in [0.5, 0.6) is 0 Å². The first-order valence-corrected chi connectivity index (χ1v) is 9.77. The monoisotopic (exact) mass is 488 g/mol. The number of hydrogen-bond donors (Lipinski definition) is 2. The standard InChI is InChI=1S/C20H32N4O2.HI/c1-3-21-20(24-8-7-18(25)15-24)22-14-19(23-9-11-26-12-10-23)17-6-4-5-16(2)13-17;/h4-6,13,18-19,25H,3,7-12,14-15H2,1-2H3,(H,21,22);1H/t18-,19?;/m1./s1. The maximum absolute atomic E-state index is 9.86. The average molecular weight is 488 g/mol. The lowest BCUT2D eigenvalue weighted by atomic mass is 10.0. The third-order valence-corrected chi connectivity index (χ3v) is 5.13. The van der Waals surface area contributed by atoms with Crippen LogP contribution in [0.4, 0.5) is 0 Å². The fourth-order valence-corrected chi connectivity index (χ4v) is 3.73. The summed E-state index contributed by atoms with van der Waals surface area (Å²) in [6.07, 6.45) is 0.570. The highest BCUT2D eigenvalue weighted by Crippen LogP contribution is 2.23. The molecule has 3 rings (SSSR count). The van der Waals surface area contributed by atoms with E-state index in [1.54, 1.807) is 0 Å². The van der Waals surface area contributed by atoms with E-state index in [1.807, 2.05) is 0 Å². The number of likely N-dealkylation sites (tertiary alicyclic amines) is 1. The van der Waals surface area contributed by atoms with Gasteiger partial charge in [-0.05, 0) is 25.8 Å². The number of β-amino-alcohol motifs (C(OH)–C–C–N with tert-alkyl or cyclic N) is 1. The van der Waals surface area contributed by atoms with Gasteiger partial charge in [0.1, 0.15) is 0 Å². The zero-order valence-corrected chi connectivity index (χ0v) is 18.8. The normalized spacial score (nSPS) is 22.4. The van der Waals surface area contributed by atoms with Gasteiger partial charge in [-0.15, -0.1) is 24.0 Å². The molecule has 1 aromatic rings. The van der Waals surface area contributed by atoms with E-state index in [1.165, 1.54) is 11.1 Å². The van der Waals surface area contributed by atoms with Crippen LogP contribution in [0.2, 0.25) is 0 Å². The maximum Gasteiger partial charge on any atom is 0.194 e. The first-order valence-electron chi connectivity index (χ1n) is 9.77. The second-order valence-electron chi connectivity index (χ2n) is 7.16. The summed E-state index contributed by atoms with van der Waals surface area (Å²) in [5, 5.41) is 13.2. The van der Waals surface area contributed by atoms with Gasteiger partial charge in [0.2, 0.25) is 0 Å². The summed E-state index contributed by atoms with van der Waals surface area (Å²) in [7, 11) is 0. The Labute approximate surface area is 180 Å². The molecule has 2 fully saturated rings. The van der Waals surface area contributed by atoms with E-state index in [-0.39, 0.29) is 36.1 Å². The summed E-state index contributed by atoms with van der Waals surface area (Å²) >= 11 is 0. The first kappa shape index (κ1) is 22.4. The Balaban J connectivity index is 0.00000261. The molecule has 7 heteroatoms. The molecule has 2 saturated heterocycles. The van der Waals surface area contributed by atoms with E-state index in [0.29, 0.717) is 13.1 Å². The Kier molecular flexibility index (Phi) is 9.28. The lowest BCUT2D eigenvalue weighted by Gasteiger charge is -2.34. The largest absolute Gasteiger partial charge is 0.391 e. The number of morpholine rings is 1. The van der Waals surface area contributed by atoms with Crippen LogP contribution in [-0.2, 0) is 4.74 Å². The lowest BCUT2D eigenvalue weighted by Crippen LogP contribution is -2.43. The van der Waals surface area contributed by atoms with Gasteiger partial charge in [0.05, 0.1) is 31.9 Å². The molecule has 0 spiro atoms. The SMILES string of the molecule is CCNC(=NCC(c1cccc(C)c1)N1CCOCC1)N1CC[C@@H](O)C1.I. The summed E-state index contributed by atoms with van der Waals surface area (Å²) in [5.41, 5.74) is 2.59. The third kappa shape index (κ3) is 6.30. The molecule has 6 nitrogen and oxygen atoms in total. The number of benzene rings is 1. The van der Waals surface area contributed by atoms with Gasteiger partial charge >= 0.3 is 0 Å². The molecular weight excluding hydrogens is 455 g/mol. The number of ether oxygens (including phenoxy) is 1. The number of rotatable bonds is 5. The average Bonchev–Trinajstić information content (AvgIpc) is 3.08. The molecule has 0 radical (unpaired) electrons. The van der Waals surface area contributed by atoms with Crippen LogP contribution in [0.1, 0.15) is 30.5 Å². The van der Waals surface area contributed by atoms with Crippen LogP contribution in [0, 0.1) is 6.92 Å². The fraction of sp³-hybridized carbons (Fsp3) is 0.650. The number of halogens is 1. The van der Waals surface area contributed by atoms with E-state index < -0.39 is 0 Å². The van der Waals surface area contributed by atoms with Crippen molar-refractivity contribution in [3.8, 4) is 0 Å². The number of aliphatic hydroxyl groups is 1. The summed E-state index contributed by atoms with van der Waals surface area (Å²) in [6.45, 7) is 10.7. The molecule has 0 aromatic heterocycles. The van der Waals surface area contributed by atoms with E-state index in [4.69, 9.17) is 9.73 Å². The van der Waals surface area contributed by atoms with E-state index in [9.17, 15) is 5.11 Å². The van der Waals surface area contributed by atoms with Crippen LogP contribution >= 0.6 is 24.0 Å². The van der Waals surface area contributed by atoms with Gasteiger partial charge in [-0.25, -0.2) is 0 Å². The van der Waals surface area contributed by atoms with Gasteiger partial charge in [-0.3, -0.25) is 9.89 Å².